The van der Waals surface area contributed by atoms with E-state index in [2.05, 4.69) is 25.3 Å². The van der Waals surface area contributed by atoms with Gasteiger partial charge in [-0.1, -0.05) is 6.07 Å². The van der Waals surface area contributed by atoms with E-state index in [9.17, 15) is 8.78 Å². The lowest BCUT2D eigenvalue weighted by molar-refractivity contribution is 0.617. The molecule has 4 rings (SSSR count). The number of hydrogen-bond donors (Lipinski definition) is 2. The SMILES string of the molecule is Cc1cccc(Nc2ncc(F)c(-c3cc(F)c4cc[nH]c4c3)n2)n1. The number of H-pyrrole nitrogens is 1. The Morgan fingerprint density at radius 1 is 1.04 bits per heavy atom. The monoisotopic (exact) mass is 337 g/mol. The summed E-state index contributed by atoms with van der Waals surface area (Å²) in [5.41, 5.74) is 1.74. The van der Waals surface area contributed by atoms with Gasteiger partial charge in [0.05, 0.1) is 6.20 Å². The molecule has 0 radical (unpaired) electrons. The fraction of sp³-hybridized carbons (Fsp3) is 0.0556. The summed E-state index contributed by atoms with van der Waals surface area (Å²) in [6.07, 6.45) is 2.68. The van der Waals surface area contributed by atoms with Gasteiger partial charge in [0.25, 0.3) is 0 Å². The molecule has 1 aromatic carbocycles. The van der Waals surface area contributed by atoms with Crippen LogP contribution in [0.1, 0.15) is 5.69 Å². The summed E-state index contributed by atoms with van der Waals surface area (Å²) in [5, 5.41) is 3.37. The van der Waals surface area contributed by atoms with E-state index >= 15 is 0 Å². The maximum atomic E-state index is 14.2. The number of aromatic amines is 1. The van der Waals surface area contributed by atoms with Crippen LogP contribution in [0.3, 0.4) is 0 Å². The number of halogens is 2. The number of pyridine rings is 1. The van der Waals surface area contributed by atoms with Crippen LogP contribution in [0.25, 0.3) is 22.2 Å². The maximum absolute atomic E-state index is 14.2. The fourth-order valence-corrected chi connectivity index (χ4v) is 2.62. The summed E-state index contributed by atoms with van der Waals surface area (Å²) in [6, 6.07) is 9.99. The van der Waals surface area contributed by atoms with Crippen LogP contribution in [-0.2, 0) is 0 Å². The lowest BCUT2D eigenvalue weighted by atomic mass is 10.1. The van der Waals surface area contributed by atoms with Crippen LogP contribution in [0.15, 0.2) is 48.8 Å². The third kappa shape index (κ3) is 2.91. The highest BCUT2D eigenvalue weighted by molar-refractivity contribution is 5.85. The van der Waals surface area contributed by atoms with Crippen molar-refractivity contribution in [1.29, 1.82) is 0 Å². The minimum atomic E-state index is -0.631. The average molecular weight is 337 g/mol. The number of nitrogens with zero attached hydrogens (tertiary/aromatic N) is 3. The summed E-state index contributed by atoms with van der Waals surface area (Å²) in [7, 11) is 0. The van der Waals surface area contributed by atoms with E-state index in [1.54, 1.807) is 24.4 Å². The normalized spacial score (nSPS) is 11.0. The number of aromatic nitrogens is 4. The van der Waals surface area contributed by atoms with E-state index in [4.69, 9.17) is 0 Å². The first-order valence-electron chi connectivity index (χ1n) is 7.60. The van der Waals surface area contributed by atoms with Crippen molar-refractivity contribution in [3.05, 3.63) is 66.1 Å². The first-order chi connectivity index (χ1) is 12.1. The summed E-state index contributed by atoms with van der Waals surface area (Å²) in [6.45, 7) is 1.86. The first kappa shape index (κ1) is 15.2. The van der Waals surface area contributed by atoms with Gasteiger partial charge in [-0.3, -0.25) is 0 Å². The number of benzene rings is 1. The lowest BCUT2D eigenvalue weighted by Crippen LogP contribution is -2.02. The molecule has 124 valence electrons. The van der Waals surface area contributed by atoms with Gasteiger partial charge in [-0.25, -0.2) is 23.7 Å². The van der Waals surface area contributed by atoms with Crippen LogP contribution < -0.4 is 5.32 Å². The molecule has 0 aliphatic carbocycles. The maximum Gasteiger partial charge on any atom is 0.229 e. The molecule has 0 atom stereocenters. The Balaban J connectivity index is 1.76. The zero-order chi connectivity index (χ0) is 17.4. The van der Waals surface area contributed by atoms with Crippen molar-refractivity contribution in [2.75, 3.05) is 5.32 Å². The molecule has 3 heterocycles. The third-order valence-corrected chi connectivity index (χ3v) is 3.76. The van der Waals surface area contributed by atoms with E-state index < -0.39 is 11.6 Å². The number of hydrogen-bond acceptors (Lipinski definition) is 4. The number of anilines is 2. The van der Waals surface area contributed by atoms with E-state index in [0.29, 0.717) is 22.3 Å². The average Bonchev–Trinajstić information content (AvgIpc) is 3.06. The summed E-state index contributed by atoms with van der Waals surface area (Å²) in [4.78, 5) is 15.3. The Hall–Kier alpha value is -3.35. The Morgan fingerprint density at radius 2 is 1.92 bits per heavy atom. The minimum Gasteiger partial charge on any atom is -0.361 e. The van der Waals surface area contributed by atoms with Crippen molar-refractivity contribution in [1.82, 2.24) is 19.9 Å². The van der Waals surface area contributed by atoms with Gasteiger partial charge >= 0.3 is 0 Å². The van der Waals surface area contributed by atoms with Gasteiger partial charge in [0.2, 0.25) is 5.95 Å². The fourth-order valence-electron chi connectivity index (χ4n) is 2.62. The first-order valence-corrected chi connectivity index (χ1v) is 7.60. The van der Waals surface area contributed by atoms with Crippen LogP contribution in [0.5, 0.6) is 0 Å². The molecule has 25 heavy (non-hydrogen) atoms. The Labute approximate surface area is 141 Å². The van der Waals surface area contributed by atoms with Gasteiger partial charge in [-0.2, -0.15) is 0 Å². The number of fused-ring (bicyclic) bond motifs is 1. The van der Waals surface area contributed by atoms with Crippen LogP contribution in [0.4, 0.5) is 20.5 Å². The molecule has 2 N–H and O–H groups in total. The van der Waals surface area contributed by atoms with Crippen molar-refractivity contribution < 1.29 is 8.78 Å². The predicted molar refractivity (Wildman–Crippen MR) is 91.5 cm³/mol. The summed E-state index contributed by atoms with van der Waals surface area (Å²) < 4.78 is 28.4. The second-order valence-corrected chi connectivity index (χ2v) is 5.58. The smallest absolute Gasteiger partial charge is 0.229 e. The van der Waals surface area contributed by atoms with Gasteiger partial charge < -0.3 is 10.3 Å². The molecule has 0 saturated heterocycles. The molecule has 0 aliphatic rings. The standard InChI is InChI=1S/C18H13F2N5/c1-10-3-2-4-16(23-10)24-18-22-9-14(20)17(25-18)11-7-13(19)12-5-6-21-15(12)8-11/h2-9,21H,1H3,(H,22,23,24,25). The molecular weight excluding hydrogens is 324 g/mol. The quantitative estimate of drug-likeness (QED) is 0.583. The van der Waals surface area contributed by atoms with Crippen LogP contribution in [0.2, 0.25) is 0 Å². The third-order valence-electron chi connectivity index (χ3n) is 3.76. The zero-order valence-corrected chi connectivity index (χ0v) is 13.2. The van der Waals surface area contributed by atoms with Gasteiger partial charge in [-0.05, 0) is 37.3 Å². The molecule has 0 spiro atoms. The lowest BCUT2D eigenvalue weighted by Gasteiger charge is -2.08. The van der Waals surface area contributed by atoms with Crippen LogP contribution in [-0.4, -0.2) is 19.9 Å². The second-order valence-electron chi connectivity index (χ2n) is 5.58. The van der Waals surface area contributed by atoms with Crippen molar-refractivity contribution in [3.8, 4) is 11.3 Å². The number of nitrogens with one attached hydrogen (secondary N) is 2. The van der Waals surface area contributed by atoms with Crippen molar-refractivity contribution >= 4 is 22.7 Å². The van der Waals surface area contributed by atoms with Crippen molar-refractivity contribution in [2.45, 2.75) is 6.92 Å². The molecule has 0 aliphatic heterocycles. The molecule has 7 heteroatoms. The molecule has 0 saturated carbocycles. The van der Waals surface area contributed by atoms with Gasteiger partial charge in [0, 0.05) is 28.4 Å². The van der Waals surface area contributed by atoms with Gasteiger partial charge in [0.1, 0.15) is 17.3 Å². The molecule has 3 aromatic heterocycles. The highest BCUT2D eigenvalue weighted by Gasteiger charge is 2.13. The Bertz CT molecular complexity index is 1070. The Kier molecular flexibility index (Phi) is 3.61. The van der Waals surface area contributed by atoms with Crippen LogP contribution >= 0.6 is 0 Å². The second kappa shape index (κ2) is 5.94. The van der Waals surface area contributed by atoms with Gasteiger partial charge in [-0.15, -0.1) is 0 Å². The molecule has 0 amide bonds. The van der Waals surface area contributed by atoms with Gasteiger partial charge in [0.15, 0.2) is 5.82 Å². The van der Waals surface area contributed by atoms with Crippen LogP contribution in [0, 0.1) is 18.6 Å². The van der Waals surface area contributed by atoms with E-state index in [1.807, 2.05) is 19.1 Å². The van der Waals surface area contributed by atoms with E-state index in [-0.39, 0.29) is 11.6 Å². The molecule has 0 unspecified atom stereocenters. The topological polar surface area (TPSA) is 66.5 Å². The summed E-state index contributed by atoms with van der Waals surface area (Å²) in [5.74, 6) is -0.347. The largest absolute Gasteiger partial charge is 0.361 e. The number of rotatable bonds is 3. The molecule has 0 fully saturated rings. The molecule has 5 nitrogen and oxygen atoms in total. The minimum absolute atomic E-state index is 0.0144. The predicted octanol–water partition coefficient (Wildman–Crippen LogP) is 4.35. The number of aryl methyl sites for hydroxylation is 1. The Morgan fingerprint density at radius 3 is 2.76 bits per heavy atom. The van der Waals surface area contributed by atoms with E-state index in [0.717, 1.165) is 11.9 Å². The zero-order valence-electron chi connectivity index (χ0n) is 13.2. The molecular formula is C18H13F2N5. The van der Waals surface area contributed by atoms with Crippen molar-refractivity contribution in [2.24, 2.45) is 0 Å². The highest BCUT2D eigenvalue weighted by Crippen LogP contribution is 2.27. The molecule has 0 bridgehead atoms. The summed E-state index contributed by atoms with van der Waals surface area (Å²) >= 11 is 0. The van der Waals surface area contributed by atoms with Crippen molar-refractivity contribution in [3.63, 3.8) is 0 Å². The highest BCUT2D eigenvalue weighted by atomic mass is 19.1. The molecule has 4 aromatic rings. The van der Waals surface area contributed by atoms with E-state index in [1.165, 1.54) is 6.07 Å².